The molecule has 82 valence electrons. The van der Waals surface area contributed by atoms with Crippen molar-refractivity contribution in [2.75, 3.05) is 6.61 Å². The first-order chi connectivity index (χ1) is 6.10. The first-order valence-electron chi connectivity index (χ1n) is 3.85. The SMILES string of the molecule is C=C[C@@H](N)CC(=O)OC(=O)OCC.Cl. The van der Waals surface area contributed by atoms with Crippen molar-refractivity contribution in [2.24, 2.45) is 5.73 Å². The second-order valence-corrected chi connectivity index (χ2v) is 2.26. The lowest BCUT2D eigenvalue weighted by Crippen LogP contribution is -2.24. The quantitative estimate of drug-likeness (QED) is 0.437. The van der Waals surface area contributed by atoms with Crippen LogP contribution in [0.1, 0.15) is 13.3 Å². The molecule has 0 fully saturated rings. The Balaban J connectivity index is 0. The molecule has 0 aromatic heterocycles. The Morgan fingerprint density at radius 3 is 2.57 bits per heavy atom. The van der Waals surface area contributed by atoms with Crippen molar-refractivity contribution in [3.63, 3.8) is 0 Å². The average molecular weight is 224 g/mol. The van der Waals surface area contributed by atoms with Crippen LogP contribution in [0.15, 0.2) is 12.7 Å². The van der Waals surface area contributed by atoms with Crippen molar-refractivity contribution in [3.05, 3.63) is 12.7 Å². The van der Waals surface area contributed by atoms with Crippen LogP contribution in [0.2, 0.25) is 0 Å². The number of rotatable bonds is 4. The third-order valence-electron chi connectivity index (χ3n) is 1.16. The van der Waals surface area contributed by atoms with E-state index in [0.29, 0.717) is 0 Å². The van der Waals surface area contributed by atoms with Gasteiger partial charge in [-0.1, -0.05) is 6.08 Å². The molecule has 2 N–H and O–H groups in total. The van der Waals surface area contributed by atoms with Gasteiger partial charge in [0.1, 0.15) is 0 Å². The van der Waals surface area contributed by atoms with Gasteiger partial charge >= 0.3 is 12.1 Å². The van der Waals surface area contributed by atoms with Gasteiger partial charge in [-0.05, 0) is 6.92 Å². The normalized spacial score (nSPS) is 10.7. The monoisotopic (exact) mass is 223 g/mol. The Kier molecular flexibility index (Phi) is 9.38. The molecule has 14 heavy (non-hydrogen) atoms. The minimum Gasteiger partial charge on any atom is -0.434 e. The zero-order valence-corrected chi connectivity index (χ0v) is 8.71. The van der Waals surface area contributed by atoms with E-state index in [-0.39, 0.29) is 25.4 Å². The molecule has 0 spiro atoms. The summed E-state index contributed by atoms with van der Waals surface area (Å²) in [5.74, 6) is -0.717. The van der Waals surface area contributed by atoms with E-state index in [0.717, 1.165) is 0 Å². The Hall–Kier alpha value is -1.07. The first-order valence-corrected chi connectivity index (χ1v) is 3.85. The van der Waals surface area contributed by atoms with Crippen LogP contribution in [0, 0.1) is 0 Å². The van der Waals surface area contributed by atoms with Crippen LogP contribution in [0.3, 0.4) is 0 Å². The summed E-state index contributed by atoms with van der Waals surface area (Å²) in [5, 5.41) is 0. The van der Waals surface area contributed by atoms with Gasteiger partial charge in [0.05, 0.1) is 13.0 Å². The number of carbonyl (C=O) groups is 2. The third-order valence-corrected chi connectivity index (χ3v) is 1.16. The number of nitrogens with two attached hydrogens (primary N) is 1. The highest BCUT2D eigenvalue weighted by Gasteiger charge is 2.13. The van der Waals surface area contributed by atoms with Crippen LogP contribution in [0.25, 0.3) is 0 Å². The average Bonchev–Trinajstić information content (AvgIpc) is 2.04. The van der Waals surface area contributed by atoms with Crippen LogP contribution in [0.4, 0.5) is 4.79 Å². The van der Waals surface area contributed by atoms with E-state index in [1.807, 2.05) is 0 Å². The highest BCUT2D eigenvalue weighted by molar-refractivity contribution is 5.85. The predicted molar refractivity (Wildman–Crippen MR) is 53.2 cm³/mol. The lowest BCUT2D eigenvalue weighted by molar-refractivity contribution is -0.139. The Bertz CT molecular complexity index is 208. The zero-order chi connectivity index (χ0) is 10.3. The molecular formula is C8H14ClNO4. The summed E-state index contributed by atoms with van der Waals surface area (Å²) in [6.07, 6.45) is 0.318. The highest BCUT2D eigenvalue weighted by Crippen LogP contribution is 1.94. The maximum atomic E-state index is 10.8. The Morgan fingerprint density at radius 1 is 1.57 bits per heavy atom. The highest BCUT2D eigenvalue weighted by atomic mass is 35.5. The lowest BCUT2D eigenvalue weighted by Gasteiger charge is -2.04. The summed E-state index contributed by atoms with van der Waals surface area (Å²) in [7, 11) is 0. The fourth-order valence-corrected chi connectivity index (χ4v) is 0.558. The molecule has 0 saturated carbocycles. The van der Waals surface area contributed by atoms with Gasteiger partial charge in [-0.15, -0.1) is 19.0 Å². The van der Waals surface area contributed by atoms with E-state index < -0.39 is 18.2 Å². The number of hydrogen-bond donors (Lipinski definition) is 1. The molecule has 0 bridgehead atoms. The molecule has 0 aromatic carbocycles. The summed E-state index contributed by atoms with van der Waals surface area (Å²) >= 11 is 0. The molecular weight excluding hydrogens is 210 g/mol. The maximum Gasteiger partial charge on any atom is 0.516 e. The molecule has 0 rings (SSSR count). The molecule has 0 radical (unpaired) electrons. The number of ether oxygens (including phenoxy) is 2. The molecule has 0 aromatic rings. The van der Waals surface area contributed by atoms with Gasteiger partial charge in [-0.3, -0.25) is 4.79 Å². The molecule has 0 heterocycles. The molecule has 0 amide bonds. The predicted octanol–water partition coefficient (Wildman–Crippen LogP) is 1.01. The van der Waals surface area contributed by atoms with Gasteiger partial charge < -0.3 is 15.2 Å². The van der Waals surface area contributed by atoms with E-state index in [1.165, 1.54) is 6.08 Å². The van der Waals surface area contributed by atoms with E-state index >= 15 is 0 Å². The molecule has 6 heteroatoms. The van der Waals surface area contributed by atoms with Crippen molar-refractivity contribution >= 4 is 24.5 Å². The fourth-order valence-electron chi connectivity index (χ4n) is 0.558. The number of hydrogen-bond acceptors (Lipinski definition) is 5. The van der Waals surface area contributed by atoms with Crippen molar-refractivity contribution in [1.29, 1.82) is 0 Å². The summed E-state index contributed by atoms with van der Waals surface area (Å²) < 4.78 is 8.61. The molecule has 5 nitrogen and oxygen atoms in total. The van der Waals surface area contributed by atoms with Crippen molar-refractivity contribution in [3.8, 4) is 0 Å². The van der Waals surface area contributed by atoms with Gasteiger partial charge in [-0.2, -0.15) is 0 Å². The van der Waals surface area contributed by atoms with E-state index in [4.69, 9.17) is 5.73 Å². The van der Waals surface area contributed by atoms with E-state index in [2.05, 4.69) is 16.1 Å². The summed E-state index contributed by atoms with van der Waals surface area (Å²) in [4.78, 5) is 21.4. The zero-order valence-electron chi connectivity index (χ0n) is 7.89. The fraction of sp³-hybridized carbons (Fsp3) is 0.500. The largest absolute Gasteiger partial charge is 0.516 e. The molecule has 0 saturated heterocycles. The Morgan fingerprint density at radius 2 is 2.14 bits per heavy atom. The number of esters is 1. The van der Waals surface area contributed by atoms with Crippen molar-refractivity contribution < 1.29 is 19.1 Å². The van der Waals surface area contributed by atoms with Gasteiger partial charge in [0.25, 0.3) is 0 Å². The molecule has 1 atom stereocenters. The topological polar surface area (TPSA) is 78.6 Å². The lowest BCUT2D eigenvalue weighted by atomic mass is 10.2. The van der Waals surface area contributed by atoms with E-state index in [9.17, 15) is 9.59 Å². The van der Waals surface area contributed by atoms with Gasteiger partial charge in [-0.25, -0.2) is 4.79 Å². The van der Waals surface area contributed by atoms with Crippen LogP contribution in [-0.4, -0.2) is 24.8 Å². The number of carbonyl (C=O) groups excluding carboxylic acids is 2. The number of halogens is 1. The first kappa shape index (κ1) is 15.4. The summed E-state index contributed by atoms with van der Waals surface area (Å²) in [5.41, 5.74) is 5.35. The third kappa shape index (κ3) is 7.57. The van der Waals surface area contributed by atoms with Gasteiger partial charge in [0, 0.05) is 6.04 Å². The standard InChI is InChI=1S/C8H13NO4.ClH/c1-3-6(9)5-7(10)13-8(11)12-4-2;/h3,6H,1,4-5,9H2,2H3;1H/t6-;/m1./s1. The van der Waals surface area contributed by atoms with Gasteiger partial charge in [0.15, 0.2) is 0 Å². The summed E-state index contributed by atoms with van der Waals surface area (Å²) in [6.45, 7) is 5.16. The van der Waals surface area contributed by atoms with Crippen LogP contribution in [-0.2, 0) is 14.3 Å². The molecule has 0 unspecified atom stereocenters. The second-order valence-electron chi connectivity index (χ2n) is 2.26. The van der Waals surface area contributed by atoms with Crippen molar-refractivity contribution in [1.82, 2.24) is 0 Å². The maximum absolute atomic E-state index is 10.8. The molecule has 0 aliphatic rings. The van der Waals surface area contributed by atoms with Gasteiger partial charge in [0.2, 0.25) is 0 Å². The Labute approximate surface area is 88.6 Å². The second kappa shape index (κ2) is 8.52. The van der Waals surface area contributed by atoms with E-state index in [1.54, 1.807) is 6.92 Å². The van der Waals surface area contributed by atoms with Crippen LogP contribution < -0.4 is 5.73 Å². The van der Waals surface area contributed by atoms with Crippen molar-refractivity contribution in [2.45, 2.75) is 19.4 Å². The van der Waals surface area contributed by atoms with Crippen LogP contribution in [0.5, 0.6) is 0 Å². The smallest absolute Gasteiger partial charge is 0.434 e. The minimum absolute atomic E-state index is 0. The van der Waals surface area contributed by atoms with Crippen LogP contribution >= 0.6 is 12.4 Å². The minimum atomic E-state index is -0.997. The molecule has 0 aliphatic carbocycles. The molecule has 0 aliphatic heterocycles. The summed E-state index contributed by atoms with van der Waals surface area (Å²) in [6, 6.07) is -0.498.